The molecule has 1 aliphatic heterocycles. The molecule has 1 unspecified atom stereocenters. The molecule has 1 saturated heterocycles. The predicted octanol–water partition coefficient (Wildman–Crippen LogP) is 1.48. The van der Waals surface area contributed by atoms with Gasteiger partial charge in [0.1, 0.15) is 0 Å². The highest BCUT2D eigenvalue weighted by Gasteiger charge is 2.39. The van der Waals surface area contributed by atoms with Gasteiger partial charge < -0.3 is 15.5 Å². The lowest BCUT2D eigenvalue weighted by Crippen LogP contribution is -2.39. The van der Waals surface area contributed by atoms with E-state index in [9.17, 15) is 4.79 Å². The van der Waals surface area contributed by atoms with Gasteiger partial charge in [0.05, 0.1) is 29.2 Å². The molecular formula is C14H22N4O. The van der Waals surface area contributed by atoms with Gasteiger partial charge in [-0.25, -0.2) is 0 Å². The van der Waals surface area contributed by atoms with Crippen LogP contribution < -0.4 is 15.5 Å². The maximum Gasteiger partial charge on any atom is 0.227 e. The summed E-state index contributed by atoms with van der Waals surface area (Å²) in [5.41, 5.74) is 1.79. The smallest absolute Gasteiger partial charge is 0.227 e. The maximum atomic E-state index is 11.9. The second-order valence-corrected chi connectivity index (χ2v) is 5.27. The molecule has 1 atom stereocenters. The van der Waals surface area contributed by atoms with Crippen LogP contribution >= 0.6 is 0 Å². The zero-order valence-electron chi connectivity index (χ0n) is 11.9. The summed E-state index contributed by atoms with van der Waals surface area (Å²) in [6.07, 6.45) is 4.55. The van der Waals surface area contributed by atoms with E-state index in [4.69, 9.17) is 0 Å². The second-order valence-electron chi connectivity index (χ2n) is 5.27. The fraction of sp³-hybridized carbons (Fsp3) is 0.571. The first kappa shape index (κ1) is 13.6. The van der Waals surface area contributed by atoms with Crippen molar-refractivity contribution < 1.29 is 4.79 Å². The average Bonchev–Trinajstić information content (AvgIpc) is 2.82. The zero-order chi connectivity index (χ0) is 13.9. The minimum absolute atomic E-state index is 0.116. The number of hydrogen-bond acceptors (Lipinski definition) is 4. The third kappa shape index (κ3) is 2.80. The van der Waals surface area contributed by atoms with Crippen LogP contribution in [0.15, 0.2) is 18.5 Å². The number of rotatable bonds is 4. The largest absolute Gasteiger partial charge is 0.384 e. The molecule has 19 heavy (non-hydrogen) atoms. The molecule has 0 aliphatic carbocycles. The Balaban J connectivity index is 2.12. The summed E-state index contributed by atoms with van der Waals surface area (Å²) in [4.78, 5) is 18.4. The quantitative estimate of drug-likeness (QED) is 0.863. The summed E-state index contributed by atoms with van der Waals surface area (Å²) in [7, 11) is 1.70. The van der Waals surface area contributed by atoms with E-state index >= 15 is 0 Å². The lowest BCUT2D eigenvalue weighted by molar-refractivity contribution is -0.128. The highest BCUT2D eigenvalue weighted by Crippen LogP contribution is 2.33. The Morgan fingerprint density at radius 3 is 3.00 bits per heavy atom. The molecule has 0 aromatic carbocycles. The molecule has 1 aromatic heterocycles. The maximum absolute atomic E-state index is 11.9. The SMILES string of the molecule is CCNc1cncc(N2CCC(C)(C(=O)NC)C2)c1. The zero-order valence-corrected chi connectivity index (χ0v) is 11.9. The van der Waals surface area contributed by atoms with Crippen LogP contribution in [0.1, 0.15) is 20.3 Å². The number of hydrogen-bond donors (Lipinski definition) is 2. The summed E-state index contributed by atoms with van der Waals surface area (Å²) < 4.78 is 0. The number of nitrogens with zero attached hydrogens (tertiary/aromatic N) is 2. The molecule has 2 heterocycles. The van der Waals surface area contributed by atoms with Crippen LogP contribution in [-0.2, 0) is 4.79 Å². The van der Waals surface area contributed by atoms with E-state index in [1.807, 2.05) is 19.3 Å². The average molecular weight is 262 g/mol. The minimum Gasteiger partial charge on any atom is -0.384 e. The molecule has 1 amide bonds. The molecule has 0 radical (unpaired) electrons. The van der Waals surface area contributed by atoms with Gasteiger partial charge >= 0.3 is 0 Å². The number of aromatic nitrogens is 1. The van der Waals surface area contributed by atoms with Crippen LogP contribution in [0.4, 0.5) is 11.4 Å². The summed E-state index contributed by atoms with van der Waals surface area (Å²) >= 11 is 0. The number of amides is 1. The van der Waals surface area contributed by atoms with Crippen molar-refractivity contribution in [1.29, 1.82) is 0 Å². The van der Waals surface area contributed by atoms with Crippen LogP contribution in [-0.4, -0.2) is 37.6 Å². The van der Waals surface area contributed by atoms with E-state index in [0.717, 1.165) is 37.4 Å². The van der Waals surface area contributed by atoms with Crippen molar-refractivity contribution in [3.63, 3.8) is 0 Å². The van der Waals surface area contributed by atoms with Crippen molar-refractivity contribution >= 4 is 17.3 Å². The first-order valence-corrected chi connectivity index (χ1v) is 6.75. The Morgan fingerprint density at radius 1 is 1.53 bits per heavy atom. The molecule has 5 nitrogen and oxygen atoms in total. The van der Waals surface area contributed by atoms with E-state index in [-0.39, 0.29) is 11.3 Å². The molecule has 1 fully saturated rings. The van der Waals surface area contributed by atoms with Crippen molar-refractivity contribution in [3.05, 3.63) is 18.5 Å². The topological polar surface area (TPSA) is 57.3 Å². The Morgan fingerprint density at radius 2 is 2.32 bits per heavy atom. The fourth-order valence-electron chi connectivity index (χ4n) is 2.57. The number of carbonyl (C=O) groups excluding carboxylic acids is 1. The third-order valence-corrected chi connectivity index (χ3v) is 3.72. The molecule has 1 aromatic rings. The van der Waals surface area contributed by atoms with Crippen LogP contribution in [0.5, 0.6) is 0 Å². The Bertz CT molecular complexity index is 463. The molecule has 5 heteroatoms. The van der Waals surface area contributed by atoms with Gasteiger partial charge in [-0.2, -0.15) is 0 Å². The fourth-order valence-corrected chi connectivity index (χ4v) is 2.57. The number of carbonyl (C=O) groups is 1. The number of anilines is 2. The molecule has 1 aliphatic rings. The van der Waals surface area contributed by atoms with Crippen LogP contribution in [0.2, 0.25) is 0 Å². The van der Waals surface area contributed by atoms with Crippen LogP contribution in [0, 0.1) is 5.41 Å². The Hall–Kier alpha value is -1.78. The van der Waals surface area contributed by atoms with Crippen molar-refractivity contribution in [1.82, 2.24) is 10.3 Å². The molecular weight excluding hydrogens is 240 g/mol. The molecule has 0 bridgehead atoms. The van der Waals surface area contributed by atoms with Crippen molar-refractivity contribution in [2.75, 3.05) is 36.9 Å². The lowest BCUT2D eigenvalue weighted by Gasteiger charge is -2.24. The van der Waals surface area contributed by atoms with Crippen molar-refractivity contribution in [3.8, 4) is 0 Å². The monoisotopic (exact) mass is 262 g/mol. The van der Waals surface area contributed by atoms with Crippen molar-refractivity contribution in [2.24, 2.45) is 5.41 Å². The van der Waals surface area contributed by atoms with Gasteiger partial charge in [-0.3, -0.25) is 9.78 Å². The highest BCUT2D eigenvalue weighted by atomic mass is 16.2. The van der Waals surface area contributed by atoms with Gasteiger partial charge in [0, 0.05) is 26.7 Å². The highest BCUT2D eigenvalue weighted by molar-refractivity contribution is 5.83. The van der Waals surface area contributed by atoms with Gasteiger partial charge in [0.15, 0.2) is 0 Å². The number of nitrogens with one attached hydrogen (secondary N) is 2. The standard InChI is InChI=1S/C14H22N4O/c1-4-17-11-7-12(9-16-8-11)18-6-5-14(2,10-18)13(19)15-3/h7-9,17H,4-6,10H2,1-3H3,(H,15,19). The minimum atomic E-state index is -0.303. The van der Waals surface area contributed by atoms with Crippen LogP contribution in [0.25, 0.3) is 0 Å². The van der Waals surface area contributed by atoms with E-state index in [1.165, 1.54) is 0 Å². The van der Waals surface area contributed by atoms with E-state index in [2.05, 4.69) is 33.5 Å². The lowest BCUT2D eigenvalue weighted by atomic mass is 9.89. The number of pyridine rings is 1. The summed E-state index contributed by atoms with van der Waals surface area (Å²) in [5, 5.41) is 6.02. The van der Waals surface area contributed by atoms with Crippen molar-refractivity contribution in [2.45, 2.75) is 20.3 Å². The second kappa shape index (κ2) is 5.47. The van der Waals surface area contributed by atoms with Gasteiger partial charge in [0.25, 0.3) is 0 Å². The molecule has 2 N–H and O–H groups in total. The van der Waals surface area contributed by atoms with E-state index in [1.54, 1.807) is 7.05 Å². The summed E-state index contributed by atoms with van der Waals surface area (Å²) in [6.45, 7) is 6.59. The molecule has 0 saturated carbocycles. The van der Waals surface area contributed by atoms with Gasteiger partial charge in [-0.05, 0) is 26.3 Å². The van der Waals surface area contributed by atoms with E-state index < -0.39 is 0 Å². The molecule has 0 spiro atoms. The molecule has 2 rings (SSSR count). The predicted molar refractivity (Wildman–Crippen MR) is 77.4 cm³/mol. The van der Waals surface area contributed by atoms with Gasteiger partial charge in [-0.1, -0.05) is 0 Å². The van der Waals surface area contributed by atoms with Crippen LogP contribution in [0.3, 0.4) is 0 Å². The van der Waals surface area contributed by atoms with Gasteiger partial charge in [0.2, 0.25) is 5.91 Å². The van der Waals surface area contributed by atoms with E-state index in [0.29, 0.717) is 0 Å². The first-order chi connectivity index (χ1) is 9.09. The first-order valence-electron chi connectivity index (χ1n) is 6.75. The Labute approximate surface area is 114 Å². The van der Waals surface area contributed by atoms with Gasteiger partial charge in [-0.15, -0.1) is 0 Å². The Kier molecular flexibility index (Phi) is 3.93. The molecule has 104 valence electrons. The summed E-state index contributed by atoms with van der Waals surface area (Å²) in [5.74, 6) is 0.116. The normalized spacial score (nSPS) is 22.4. The summed E-state index contributed by atoms with van der Waals surface area (Å²) in [6, 6.07) is 2.09. The third-order valence-electron chi connectivity index (χ3n) is 3.72.